The molecule has 2 N–H and O–H groups in total. The van der Waals surface area contributed by atoms with Gasteiger partial charge in [-0.15, -0.1) is 0 Å². The molecule has 2 aromatic carbocycles. The second-order valence-electron chi connectivity index (χ2n) is 7.81. The number of nitrogens with one attached hydrogen (secondary N) is 2. The third-order valence-corrected chi connectivity index (χ3v) is 5.32. The minimum atomic E-state index is -0.469. The van der Waals surface area contributed by atoms with Crippen molar-refractivity contribution in [1.29, 1.82) is 0 Å². The minimum absolute atomic E-state index is 0.121. The van der Waals surface area contributed by atoms with Gasteiger partial charge in [-0.25, -0.2) is 0 Å². The molecule has 0 aliphatic carbocycles. The van der Waals surface area contributed by atoms with Crippen molar-refractivity contribution < 1.29 is 9.59 Å². The summed E-state index contributed by atoms with van der Waals surface area (Å²) in [6.07, 6.45) is 6.71. The van der Waals surface area contributed by atoms with Gasteiger partial charge in [-0.1, -0.05) is 60.2 Å². The third kappa shape index (κ3) is 5.28. The van der Waals surface area contributed by atoms with Crippen molar-refractivity contribution in [3.05, 3.63) is 83.6 Å². The fraction of sp³-hybridized carbons (Fsp3) is 0.240. The predicted octanol–water partition coefficient (Wildman–Crippen LogP) is 3.31. The van der Waals surface area contributed by atoms with Crippen LogP contribution >= 0.6 is 0 Å². The zero-order valence-electron chi connectivity index (χ0n) is 17.5. The molecule has 1 aliphatic heterocycles. The second kappa shape index (κ2) is 9.43. The van der Waals surface area contributed by atoms with Crippen molar-refractivity contribution in [3.63, 3.8) is 0 Å². The molecule has 6 nitrogen and oxygen atoms in total. The molecule has 0 bridgehead atoms. The topological polar surface area (TPSA) is 76.0 Å². The van der Waals surface area contributed by atoms with Crippen molar-refractivity contribution in [2.45, 2.75) is 32.4 Å². The van der Waals surface area contributed by atoms with Crippen LogP contribution in [0.25, 0.3) is 17.3 Å². The summed E-state index contributed by atoms with van der Waals surface area (Å²) in [6.45, 7) is 3.36. The lowest BCUT2D eigenvalue weighted by molar-refractivity contribution is -0.128. The van der Waals surface area contributed by atoms with E-state index in [1.165, 1.54) is 11.6 Å². The average Bonchev–Trinajstić information content (AvgIpc) is 3.18. The summed E-state index contributed by atoms with van der Waals surface area (Å²) in [7, 11) is 0. The number of hydrogen-bond donors (Lipinski definition) is 2. The number of nitrogens with zero attached hydrogens (tertiary/aromatic N) is 2. The first-order valence-electron chi connectivity index (χ1n) is 10.5. The monoisotopic (exact) mass is 414 g/mol. The van der Waals surface area contributed by atoms with Crippen LogP contribution in [-0.4, -0.2) is 34.2 Å². The van der Waals surface area contributed by atoms with Crippen LogP contribution in [0.1, 0.15) is 29.5 Å². The first kappa shape index (κ1) is 20.6. The van der Waals surface area contributed by atoms with Crippen molar-refractivity contribution in [2.24, 2.45) is 0 Å². The van der Waals surface area contributed by atoms with E-state index in [2.05, 4.69) is 22.8 Å². The fourth-order valence-corrected chi connectivity index (χ4v) is 3.64. The summed E-state index contributed by atoms with van der Waals surface area (Å²) in [4.78, 5) is 24.3. The Bertz CT molecular complexity index is 1080. The lowest BCUT2D eigenvalue weighted by atomic mass is 10.1. The van der Waals surface area contributed by atoms with Crippen LogP contribution in [0.5, 0.6) is 0 Å². The maximum Gasteiger partial charge on any atom is 0.244 e. The van der Waals surface area contributed by atoms with Gasteiger partial charge in [0.15, 0.2) is 0 Å². The average molecular weight is 415 g/mol. The van der Waals surface area contributed by atoms with Crippen LogP contribution in [0.2, 0.25) is 0 Å². The molecule has 1 saturated heterocycles. The molecule has 1 aliphatic rings. The maximum atomic E-state index is 12.4. The highest BCUT2D eigenvalue weighted by molar-refractivity contribution is 5.96. The maximum absolute atomic E-state index is 12.4. The molecule has 31 heavy (non-hydrogen) atoms. The van der Waals surface area contributed by atoms with Gasteiger partial charge in [0.25, 0.3) is 0 Å². The van der Waals surface area contributed by atoms with E-state index in [9.17, 15) is 9.59 Å². The second-order valence-corrected chi connectivity index (χ2v) is 7.81. The predicted molar refractivity (Wildman–Crippen MR) is 121 cm³/mol. The van der Waals surface area contributed by atoms with E-state index in [4.69, 9.17) is 5.10 Å². The zero-order valence-corrected chi connectivity index (χ0v) is 17.5. The molecule has 0 spiro atoms. The quantitative estimate of drug-likeness (QED) is 0.608. The Morgan fingerprint density at radius 3 is 2.71 bits per heavy atom. The number of aryl methyl sites for hydroxylation is 1. The number of piperidine rings is 1. The summed E-state index contributed by atoms with van der Waals surface area (Å²) in [5.74, 6) is -0.406. The number of aromatic nitrogens is 2. The number of hydrogen-bond acceptors (Lipinski definition) is 3. The van der Waals surface area contributed by atoms with Gasteiger partial charge in [0, 0.05) is 29.9 Å². The Labute approximate surface area is 182 Å². The Kier molecular flexibility index (Phi) is 6.26. The van der Waals surface area contributed by atoms with Gasteiger partial charge in [-0.2, -0.15) is 5.10 Å². The van der Waals surface area contributed by atoms with E-state index < -0.39 is 6.04 Å². The van der Waals surface area contributed by atoms with E-state index in [-0.39, 0.29) is 11.8 Å². The van der Waals surface area contributed by atoms with Crippen molar-refractivity contribution in [2.75, 3.05) is 6.54 Å². The van der Waals surface area contributed by atoms with Gasteiger partial charge >= 0.3 is 0 Å². The molecule has 2 heterocycles. The van der Waals surface area contributed by atoms with Gasteiger partial charge < -0.3 is 10.6 Å². The lowest BCUT2D eigenvalue weighted by Crippen LogP contribution is -2.49. The van der Waals surface area contributed by atoms with Gasteiger partial charge in [-0.05, 0) is 31.4 Å². The molecule has 1 unspecified atom stereocenters. The van der Waals surface area contributed by atoms with E-state index >= 15 is 0 Å². The van der Waals surface area contributed by atoms with Gasteiger partial charge in [0.05, 0.1) is 12.2 Å². The normalized spacial score (nSPS) is 16.3. The first-order valence-corrected chi connectivity index (χ1v) is 10.5. The molecular formula is C25H26N4O2. The molecule has 6 heteroatoms. The van der Waals surface area contributed by atoms with E-state index in [1.54, 1.807) is 6.08 Å². The molecule has 1 atom stereocenters. The first-order chi connectivity index (χ1) is 15.1. The Hall–Kier alpha value is -3.67. The molecule has 3 aromatic rings. The van der Waals surface area contributed by atoms with Crippen LogP contribution in [0.4, 0.5) is 0 Å². The van der Waals surface area contributed by atoms with Gasteiger partial charge in [0.1, 0.15) is 6.04 Å². The van der Waals surface area contributed by atoms with Crippen LogP contribution in [0.15, 0.2) is 66.9 Å². The Balaban J connectivity index is 1.56. The van der Waals surface area contributed by atoms with Crippen LogP contribution in [0.3, 0.4) is 0 Å². The third-order valence-electron chi connectivity index (χ3n) is 5.32. The summed E-state index contributed by atoms with van der Waals surface area (Å²) < 4.78 is 1.89. The highest BCUT2D eigenvalue weighted by Gasteiger charge is 2.22. The van der Waals surface area contributed by atoms with Crippen molar-refractivity contribution in [3.8, 4) is 11.3 Å². The number of rotatable bonds is 6. The van der Waals surface area contributed by atoms with Crippen molar-refractivity contribution in [1.82, 2.24) is 20.4 Å². The molecule has 1 fully saturated rings. The molecule has 4 rings (SSSR count). The molecule has 0 saturated carbocycles. The SMILES string of the molecule is Cc1ccc(-c2nn(Cc3ccccc3)cc2/C=C/C(=O)NC2CCCNC2=O)cc1. The van der Waals surface area contributed by atoms with Gasteiger partial charge in [-0.3, -0.25) is 14.3 Å². The Morgan fingerprint density at radius 1 is 1.19 bits per heavy atom. The summed E-state index contributed by atoms with van der Waals surface area (Å²) in [5.41, 5.74) is 4.98. The number of carbonyl (C=O) groups excluding carboxylic acids is 2. The fourth-order valence-electron chi connectivity index (χ4n) is 3.64. The largest absolute Gasteiger partial charge is 0.354 e. The standard InChI is InChI=1S/C25H26N4O2/c1-18-9-11-20(12-10-18)24-21(17-29(28-24)16-19-6-3-2-4-7-19)13-14-23(30)27-22-8-5-15-26-25(22)31/h2-4,6-7,9-14,17,22H,5,8,15-16H2,1H3,(H,26,31)(H,27,30)/b14-13+. The molecular weight excluding hydrogens is 388 g/mol. The van der Waals surface area contributed by atoms with Gasteiger partial charge in [0.2, 0.25) is 11.8 Å². The highest BCUT2D eigenvalue weighted by atomic mass is 16.2. The van der Waals surface area contributed by atoms with Crippen molar-refractivity contribution >= 4 is 17.9 Å². The van der Waals surface area contributed by atoms with E-state index in [0.717, 1.165) is 28.8 Å². The molecule has 158 valence electrons. The highest BCUT2D eigenvalue weighted by Crippen LogP contribution is 2.24. The van der Waals surface area contributed by atoms with Crippen LogP contribution in [-0.2, 0) is 16.1 Å². The molecule has 1 aromatic heterocycles. The molecule has 2 amide bonds. The Morgan fingerprint density at radius 2 is 1.97 bits per heavy atom. The van der Waals surface area contributed by atoms with E-state index in [1.807, 2.05) is 60.3 Å². The number of carbonyl (C=O) groups is 2. The summed E-state index contributed by atoms with van der Waals surface area (Å²) in [5, 5.41) is 10.3. The summed E-state index contributed by atoms with van der Waals surface area (Å²) in [6, 6.07) is 17.8. The van der Waals surface area contributed by atoms with Crippen LogP contribution in [0, 0.1) is 6.92 Å². The number of amides is 2. The number of benzene rings is 2. The lowest BCUT2D eigenvalue weighted by Gasteiger charge is -2.22. The summed E-state index contributed by atoms with van der Waals surface area (Å²) >= 11 is 0. The van der Waals surface area contributed by atoms with Crippen LogP contribution < -0.4 is 10.6 Å². The minimum Gasteiger partial charge on any atom is -0.354 e. The zero-order chi connectivity index (χ0) is 21.6. The smallest absolute Gasteiger partial charge is 0.244 e. The molecule has 0 radical (unpaired) electrons. The van der Waals surface area contributed by atoms with E-state index in [0.29, 0.717) is 19.5 Å².